The summed E-state index contributed by atoms with van der Waals surface area (Å²) < 4.78 is 27.2. The summed E-state index contributed by atoms with van der Waals surface area (Å²) in [4.78, 5) is 28.5. The minimum absolute atomic E-state index is 0.0128. The van der Waals surface area contributed by atoms with Crippen LogP contribution in [0, 0.1) is 0 Å². The number of rotatable bonds is 10. The predicted molar refractivity (Wildman–Crippen MR) is 142 cm³/mol. The third-order valence-electron chi connectivity index (χ3n) is 6.20. The Bertz CT molecular complexity index is 1370. The van der Waals surface area contributed by atoms with Gasteiger partial charge in [0.1, 0.15) is 0 Å². The molecule has 1 aliphatic heterocycles. The van der Waals surface area contributed by atoms with E-state index < -0.39 is 11.8 Å². The first-order valence-electron chi connectivity index (χ1n) is 11.7. The summed E-state index contributed by atoms with van der Waals surface area (Å²) in [5.74, 6) is 0.437. The molecule has 0 atom stereocenters. The maximum Gasteiger partial charge on any atom is 0.336 e. The highest BCUT2D eigenvalue weighted by Crippen LogP contribution is 2.40. The number of fused-ring (bicyclic) bond motifs is 1. The molecule has 0 aromatic heterocycles. The molecule has 9 nitrogen and oxygen atoms in total. The lowest BCUT2D eigenvalue weighted by Gasteiger charge is -2.17. The Morgan fingerprint density at radius 3 is 2.00 bits per heavy atom. The fourth-order valence-electron chi connectivity index (χ4n) is 4.29. The van der Waals surface area contributed by atoms with Gasteiger partial charge in [0.2, 0.25) is 12.5 Å². The molecule has 0 spiro atoms. The summed E-state index contributed by atoms with van der Waals surface area (Å²) in [5, 5.41) is 10.4. The number of hydrogen-bond acceptors (Lipinski definition) is 8. The zero-order chi connectivity index (χ0) is 27.4. The molecule has 1 heterocycles. The summed E-state index contributed by atoms with van der Waals surface area (Å²) in [7, 11) is 8.27. The van der Waals surface area contributed by atoms with Crippen molar-refractivity contribution in [1.29, 1.82) is 0 Å². The maximum absolute atomic E-state index is 13.9. The van der Waals surface area contributed by atoms with Gasteiger partial charge in [0.05, 0.1) is 26.9 Å². The number of benzene rings is 3. The van der Waals surface area contributed by atoms with E-state index in [-0.39, 0.29) is 24.4 Å². The van der Waals surface area contributed by atoms with Crippen LogP contribution in [-0.2, 0) is 11.2 Å². The van der Waals surface area contributed by atoms with Crippen molar-refractivity contribution in [2.24, 2.45) is 0 Å². The van der Waals surface area contributed by atoms with Crippen molar-refractivity contribution < 1.29 is 38.4 Å². The smallest absolute Gasteiger partial charge is 0.336 e. The number of carbonyl (C=O) groups excluding carboxylic acids is 1. The Morgan fingerprint density at radius 2 is 1.45 bits per heavy atom. The molecule has 9 heteroatoms. The van der Waals surface area contributed by atoms with Crippen LogP contribution in [0.2, 0.25) is 0 Å². The van der Waals surface area contributed by atoms with Gasteiger partial charge in [0.15, 0.2) is 28.8 Å². The zero-order valence-corrected chi connectivity index (χ0v) is 21.9. The number of carbonyl (C=O) groups is 2. The highest BCUT2D eigenvalue weighted by molar-refractivity contribution is 6.26. The van der Waals surface area contributed by atoms with Crippen LogP contribution in [0.1, 0.15) is 21.5 Å². The summed E-state index contributed by atoms with van der Waals surface area (Å²) in [6.45, 7) is 0.0420. The Morgan fingerprint density at radius 1 is 0.842 bits per heavy atom. The second kappa shape index (κ2) is 11.2. The molecular formula is C29H29NO8. The number of ether oxygens (including phenoxy) is 5. The summed E-state index contributed by atoms with van der Waals surface area (Å²) in [5.41, 5.74) is 2.14. The van der Waals surface area contributed by atoms with Crippen LogP contribution < -0.4 is 28.6 Å². The van der Waals surface area contributed by atoms with E-state index in [4.69, 9.17) is 23.7 Å². The van der Waals surface area contributed by atoms with Gasteiger partial charge in [-0.15, -0.1) is 0 Å². The molecule has 38 heavy (non-hydrogen) atoms. The maximum atomic E-state index is 13.9. The third kappa shape index (κ3) is 5.22. The molecule has 0 aliphatic carbocycles. The van der Waals surface area contributed by atoms with Crippen molar-refractivity contribution in [3.63, 3.8) is 0 Å². The van der Waals surface area contributed by atoms with Crippen molar-refractivity contribution in [2.75, 3.05) is 47.1 Å². The fourth-order valence-corrected chi connectivity index (χ4v) is 4.29. The molecule has 3 aromatic carbocycles. The van der Waals surface area contributed by atoms with Gasteiger partial charge < -0.3 is 33.7 Å². The van der Waals surface area contributed by atoms with Crippen LogP contribution in [0.15, 0.2) is 60.2 Å². The summed E-state index contributed by atoms with van der Waals surface area (Å²) in [6.07, 6.45) is -0.0128. The molecule has 3 aromatic rings. The molecule has 0 amide bonds. The molecule has 198 valence electrons. The number of nitrogens with zero attached hydrogens (tertiary/aromatic N) is 1. The normalized spacial score (nSPS) is 12.4. The molecule has 1 N–H and O–H groups in total. The van der Waals surface area contributed by atoms with Crippen LogP contribution >= 0.6 is 0 Å². The number of ketones is 1. The van der Waals surface area contributed by atoms with Crippen LogP contribution in [-0.4, -0.2) is 59.1 Å². The van der Waals surface area contributed by atoms with Crippen molar-refractivity contribution in [3.05, 3.63) is 76.9 Å². The molecule has 0 unspecified atom stereocenters. The van der Waals surface area contributed by atoms with E-state index >= 15 is 0 Å². The van der Waals surface area contributed by atoms with Crippen LogP contribution in [0.3, 0.4) is 0 Å². The second-order valence-electron chi connectivity index (χ2n) is 8.71. The van der Waals surface area contributed by atoms with Crippen LogP contribution in [0.25, 0.3) is 5.57 Å². The largest absolute Gasteiger partial charge is 0.493 e. The molecular weight excluding hydrogens is 490 g/mol. The number of aliphatic carboxylic acids is 1. The first-order valence-corrected chi connectivity index (χ1v) is 11.7. The average molecular weight is 520 g/mol. The number of Topliss-reactive ketones (excluding diaryl/α,β-unsaturated/α-hetero) is 1. The Kier molecular flexibility index (Phi) is 7.76. The first kappa shape index (κ1) is 26.4. The van der Waals surface area contributed by atoms with Gasteiger partial charge in [-0.2, -0.15) is 0 Å². The van der Waals surface area contributed by atoms with Gasteiger partial charge in [0.25, 0.3) is 0 Å². The molecule has 0 saturated heterocycles. The zero-order valence-electron chi connectivity index (χ0n) is 21.9. The minimum Gasteiger partial charge on any atom is -0.493 e. The first-order chi connectivity index (χ1) is 18.3. The van der Waals surface area contributed by atoms with E-state index in [0.717, 1.165) is 5.69 Å². The van der Waals surface area contributed by atoms with Gasteiger partial charge in [-0.1, -0.05) is 6.07 Å². The van der Waals surface area contributed by atoms with Crippen LogP contribution in [0.4, 0.5) is 5.69 Å². The van der Waals surface area contributed by atoms with Gasteiger partial charge in [-0.25, -0.2) is 4.79 Å². The minimum atomic E-state index is -1.25. The van der Waals surface area contributed by atoms with E-state index in [1.54, 1.807) is 42.5 Å². The average Bonchev–Trinajstić information content (AvgIpc) is 3.39. The lowest BCUT2D eigenvalue weighted by atomic mass is 9.89. The monoisotopic (exact) mass is 519 g/mol. The Labute approximate surface area is 220 Å². The lowest BCUT2D eigenvalue weighted by Crippen LogP contribution is -2.15. The van der Waals surface area contributed by atoms with Crippen molar-refractivity contribution >= 4 is 23.0 Å². The van der Waals surface area contributed by atoms with E-state index in [1.807, 2.05) is 31.1 Å². The van der Waals surface area contributed by atoms with E-state index in [9.17, 15) is 14.7 Å². The van der Waals surface area contributed by atoms with E-state index in [0.29, 0.717) is 45.4 Å². The van der Waals surface area contributed by atoms with E-state index in [2.05, 4.69) is 0 Å². The molecule has 0 radical (unpaired) electrons. The van der Waals surface area contributed by atoms with Gasteiger partial charge in [0, 0.05) is 37.3 Å². The summed E-state index contributed by atoms with van der Waals surface area (Å²) in [6, 6.07) is 15.2. The SMILES string of the molecule is COc1cc(CC(C(=O)c2ccc(N(C)C)cc2)=C(C(=O)O)c2ccc3c(c2)OCO3)cc(OC)c1OC. The molecule has 0 saturated carbocycles. The topological polar surface area (TPSA) is 104 Å². The van der Waals surface area contributed by atoms with Gasteiger partial charge in [-0.3, -0.25) is 4.79 Å². The van der Waals surface area contributed by atoms with Crippen molar-refractivity contribution in [3.8, 4) is 28.7 Å². The second-order valence-corrected chi connectivity index (χ2v) is 8.71. The number of hydrogen-bond donors (Lipinski definition) is 1. The standard InChI is InChI=1S/C29H29NO8/c1-30(2)20-9-6-18(7-10-20)27(31)21(12-17-13-24(34-3)28(36-5)25(14-17)35-4)26(29(32)33)19-8-11-22-23(15-19)38-16-37-22/h6-11,13-15H,12,16H2,1-5H3,(H,32,33). The van der Waals surface area contributed by atoms with E-state index in [1.165, 1.54) is 21.3 Å². The number of carboxylic acid groups (broad SMARTS) is 1. The fraction of sp³-hybridized carbons (Fsp3) is 0.241. The molecule has 0 bridgehead atoms. The quantitative estimate of drug-likeness (QED) is 0.307. The number of carboxylic acids is 1. The highest BCUT2D eigenvalue weighted by atomic mass is 16.7. The molecule has 1 aliphatic rings. The van der Waals surface area contributed by atoms with Crippen molar-refractivity contribution in [2.45, 2.75) is 6.42 Å². The highest BCUT2D eigenvalue weighted by Gasteiger charge is 2.27. The number of anilines is 1. The van der Waals surface area contributed by atoms with Gasteiger partial charge in [-0.05, 0) is 59.7 Å². The van der Waals surface area contributed by atoms with Crippen LogP contribution in [0.5, 0.6) is 28.7 Å². The Balaban J connectivity index is 1.90. The third-order valence-corrected chi connectivity index (χ3v) is 6.20. The molecule has 4 rings (SSSR count). The Hall–Kier alpha value is -4.66. The number of methoxy groups -OCH3 is 3. The van der Waals surface area contributed by atoms with Crippen molar-refractivity contribution in [1.82, 2.24) is 0 Å². The molecule has 0 fully saturated rings. The number of allylic oxidation sites excluding steroid dienone is 1. The van der Waals surface area contributed by atoms with Gasteiger partial charge >= 0.3 is 5.97 Å². The lowest BCUT2D eigenvalue weighted by molar-refractivity contribution is -0.130. The predicted octanol–water partition coefficient (Wildman–Crippen LogP) is 4.47. The summed E-state index contributed by atoms with van der Waals surface area (Å²) >= 11 is 0.